The predicted molar refractivity (Wildman–Crippen MR) is 105 cm³/mol. The van der Waals surface area contributed by atoms with Gasteiger partial charge in [-0.3, -0.25) is 14.4 Å². The van der Waals surface area contributed by atoms with E-state index in [2.05, 4.69) is 4.98 Å². The van der Waals surface area contributed by atoms with E-state index in [4.69, 9.17) is 9.47 Å². The number of fused-ring (bicyclic) bond motifs is 1. The van der Waals surface area contributed by atoms with Crippen molar-refractivity contribution in [1.29, 1.82) is 0 Å². The molecule has 4 rings (SSSR count). The van der Waals surface area contributed by atoms with Crippen LogP contribution in [0.15, 0.2) is 47.4 Å². The number of aromatic amines is 1. The van der Waals surface area contributed by atoms with Gasteiger partial charge in [0.2, 0.25) is 11.3 Å². The van der Waals surface area contributed by atoms with Gasteiger partial charge in [0.15, 0.2) is 5.75 Å². The lowest BCUT2D eigenvalue weighted by Crippen LogP contribution is -2.45. The van der Waals surface area contributed by atoms with Gasteiger partial charge in [0.1, 0.15) is 5.69 Å². The molecule has 0 bridgehead atoms. The van der Waals surface area contributed by atoms with Crippen LogP contribution in [0, 0.1) is 0 Å². The molecule has 2 aliphatic rings. The zero-order chi connectivity index (χ0) is 20.4. The standard InChI is InChI=1S/C21H23N3O5/c1-28-18-10-22-15(9-17(18)25)21(27)23-12-16-19(13-23)29-8-7-20(26)24(16)11-14-5-3-2-4-6-14/h2-6,9-10,16,19H,7-8,11-13H2,1H3,(H,22,25)/t16-,19-/m0/s1. The first-order valence-electron chi connectivity index (χ1n) is 9.58. The van der Waals surface area contributed by atoms with Crippen LogP contribution in [0.5, 0.6) is 5.75 Å². The van der Waals surface area contributed by atoms with Crippen LogP contribution in [-0.4, -0.2) is 65.6 Å². The van der Waals surface area contributed by atoms with E-state index in [0.29, 0.717) is 32.7 Å². The average molecular weight is 397 g/mol. The highest BCUT2D eigenvalue weighted by atomic mass is 16.5. The molecule has 3 heterocycles. The van der Waals surface area contributed by atoms with Crippen molar-refractivity contribution in [1.82, 2.24) is 14.8 Å². The quantitative estimate of drug-likeness (QED) is 0.832. The van der Waals surface area contributed by atoms with Gasteiger partial charge in [0.25, 0.3) is 5.91 Å². The number of likely N-dealkylation sites (tertiary alicyclic amines) is 1. The van der Waals surface area contributed by atoms with Crippen molar-refractivity contribution in [3.8, 4) is 5.75 Å². The largest absolute Gasteiger partial charge is 0.491 e. The number of ether oxygens (including phenoxy) is 2. The van der Waals surface area contributed by atoms with Crippen molar-refractivity contribution in [3.63, 3.8) is 0 Å². The molecule has 2 atom stereocenters. The number of hydrogen-bond acceptors (Lipinski definition) is 5. The van der Waals surface area contributed by atoms with Gasteiger partial charge in [-0.2, -0.15) is 0 Å². The fourth-order valence-electron chi connectivity index (χ4n) is 3.91. The molecule has 2 aliphatic heterocycles. The highest BCUT2D eigenvalue weighted by molar-refractivity contribution is 5.92. The first kappa shape index (κ1) is 19.2. The third kappa shape index (κ3) is 3.88. The van der Waals surface area contributed by atoms with Gasteiger partial charge in [-0.25, -0.2) is 0 Å². The molecule has 29 heavy (non-hydrogen) atoms. The summed E-state index contributed by atoms with van der Waals surface area (Å²) in [5.41, 5.74) is 0.860. The van der Waals surface area contributed by atoms with E-state index in [-0.39, 0.29) is 40.8 Å². The molecule has 1 aromatic heterocycles. The number of nitrogens with one attached hydrogen (secondary N) is 1. The third-order valence-electron chi connectivity index (χ3n) is 5.42. The zero-order valence-electron chi connectivity index (χ0n) is 16.2. The molecule has 0 spiro atoms. The van der Waals surface area contributed by atoms with E-state index in [9.17, 15) is 14.4 Å². The SMILES string of the molecule is COc1c[nH]c(C(=O)N2C[C@@H]3OCCC(=O)N(Cc4ccccc4)[C@H]3C2)cc1=O. The molecule has 0 unspecified atom stereocenters. The molecular weight excluding hydrogens is 374 g/mol. The van der Waals surface area contributed by atoms with Crippen molar-refractivity contribution >= 4 is 11.8 Å². The average Bonchev–Trinajstić information content (AvgIpc) is 3.10. The smallest absolute Gasteiger partial charge is 0.270 e. The number of methoxy groups -OCH3 is 1. The summed E-state index contributed by atoms with van der Waals surface area (Å²) >= 11 is 0. The second-order valence-corrected chi connectivity index (χ2v) is 7.22. The Labute approximate surface area is 168 Å². The number of aromatic nitrogens is 1. The fraction of sp³-hybridized carbons (Fsp3) is 0.381. The fourth-order valence-corrected chi connectivity index (χ4v) is 3.91. The van der Waals surface area contributed by atoms with E-state index in [1.807, 2.05) is 35.2 Å². The van der Waals surface area contributed by atoms with Gasteiger partial charge in [0, 0.05) is 31.9 Å². The first-order chi connectivity index (χ1) is 14.1. The lowest BCUT2D eigenvalue weighted by atomic mass is 10.1. The normalized spacial score (nSPS) is 21.6. The maximum atomic E-state index is 12.9. The highest BCUT2D eigenvalue weighted by Gasteiger charge is 2.43. The van der Waals surface area contributed by atoms with Gasteiger partial charge >= 0.3 is 0 Å². The number of hydrogen-bond donors (Lipinski definition) is 1. The molecule has 2 aromatic rings. The first-order valence-corrected chi connectivity index (χ1v) is 9.58. The Kier molecular flexibility index (Phi) is 5.35. The highest BCUT2D eigenvalue weighted by Crippen LogP contribution is 2.26. The lowest BCUT2D eigenvalue weighted by molar-refractivity contribution is -0.133. The van der Waals surface area contributed by atoms with Gasteiger partial charge in [-0.1, -0.05) is 30.3 Å². The summed E-state index contributed by atoms with van der Waals surface area (Å²) in [6.45, 7) is 1.55. The topological polar surface area (TPSA) is 91.9 Å². The van der Waals surface area contributed by atoms with Crippen LogP contribution in [0.3, 0.4) is 0 Å². The summed E-state index contributed by atoms with van der Waals surface area (Å²) in [6, 6.07) is 10.8. The number of H-pyrrole nitrogens is 1. The van der Waals surface area contributed by atoms with Crippen molar-refractivity contribution in [2.24, 2.45) is 0 Å². The molecule has 0 aliphatic carbocycles. The number of carbonyl (C=O) groups excluding carboxylic acids is 2. The summed E-state index contributed by atoms with van der Waals surface area (Å²) < 4.78 is 10.8. The second kappa shape index (κ2) is 8.08. The van der Waals surface area contributed by atoms with Gasteiger partial charge in [-0.05, 0) is 5.56 Å². The predicted octanol–water partition coefficient (Wildman–Crippen LogP) is 1.03. The molecule has 0 saturated carbocycles. The Morgan fingerprint density at radius 2 is 2.03 bits per heavy atom. The number of carbonyl (C=O) groups is 2. The van der Waals surface area contributed by atoms with Crippen molar-refractivity contribution in [2.45, 2.75) is 25.1 Å². The Morgan fingerprint density at radius 1 is 1.24 bits per heavy atom. The van der Waals surface area contributed by atoms with Crippen LogP contribution >= 0.6 is 0 Å². The molecule has 2 fully saturated rings. The molecule has 8 heteroatoms. The van der Waals surface area contributed by atoms with Crippen LogP contribution in [0.25, 0.3) is 0 Å². The van der Waals surface area contributed by atoms with E-state index < -0.39 is 0 Å². The minimum absolute atomic E-state index is 0.0218. The Bertz CT molecular complexity index is 958. The molecule has 2 amide bonds. The Hall–Kier alpha value is -3.13. The van der Waals surface area contributed by atoms with Gasteiger partial charge in [0.05, 0.1) is 32.3 Å². The summed E-state index contributed by atoms with van der Waals surface area (Å²) in [4.78, 5) is 43.9. The van der Waals surface area contributed by atoms with Crippen LogP contribution in [0.2, 0.25) is 0 Å². The molecule has 8 nitrogen and oxygen atoms in total. The minimum atomic E-state index is -0.361. The Balaban J connectivity index is 1.54. The second-order valence-electron chi connectivity index (χ2n) is 7.22. The summed E-state index contributed by atoms with van der Waals surface area (Å²) in [5.74, 6) is -0.127. The summed E-state index contributed by atoms with van der Waals surface area (Å²) in [7, 11) is 1.40. The van der Waals surface area contributed by atoms with Crippen molar-refractivity contribution in [2.75, 3.05) is 26.8 Å². The lowest BCUT2D eigenvalue weighted by Gasteiger charge is -2.29. The van der Waals surface area contributed by atoms with Crippen LogP contribution in [0.4, 0.5) is 0 Å². The molecule has 1 N–H and O–H groups in total. The van der Waals surface area contributed by atoms with E-state index in [1.165, 1.54) is 19.4 Å². The van der Waals surface area contributed by atoms with Crippen molar-refractivity contribution in [3.05, 3.63) is 64.1 Å². The molecule has 1 aromatic carbocycles. The van der Waals surface area contributed by atoms with Crippen LogP contribution < -0.4 is 10.2 Å². The number of nitrogens with zero attached hydrogens (tertiary/aromatic N) is 2. The van der Waals surface area contributed by atoms with E-state index in [0.717, 1.165) is 5.56 Å². The summed E-state index contributed by atoms with van der Waals surface area (Å²) in [5, 5.41) is 0. The number of rotatable bonds is 4. The van der Waals surface area contributed by atoms with Crippen LogP contribution in [-0.2, 0) is 16.1 Å². The molecule has 152 valence electrons. The maximum absolute atomic E-state index is 12.9. The maximum Gasteiger partial charge on any atom is 0.270 e. The summed E-state index contributed by atoms with van der Waals surface area (Å²) in [6.07, 6.45) is 1.46. The third-order valence-corrected chi connectivity index (χ3v) is 5.42. The van der Waals surface area contributed by atoms with Gasteiger partial charge in [-0.15, -0.1) is 0 Å². The van der Waals surface area contributed by atoms with E-state index >= 15 is 0 Å². The van der Waals surface area contributed by atoms with E-state index in [1.54, 1.807) is 4.90 Å². The molecule has 2 saturated heterocycles. The minimum Gasteiger partial charge on any atom is -0.491 e. The van der Waals surface area contributed by atoms with Gasteiger partial charge < -0.3 is 24.3 Å². The molecular formula is C21H23N3O5. The monoisotopic (exact) mass is 397 g/mol. The van der Waals surface area contributed by atoms with Crippen molar-refractivity contribution < 1.29 is 19.1 Å². The zero-order valence-corrected chi connectivity index (χ0v) is 16.2. The molecule has 0 radical (unpaired) electrons. The van der Waals surface area contributed by atoms with Crippen LogP contribution in [0.1, 0.15) is 22.5 Å². The number of benzene rings is 1. The number of amides is 2. The number of pyridine rings is 1. The Morgan fingerprint density at radius 3 is 2.76 bits per heavy atom.